The lowest BCUT2D eigenvalue weighted by atomic mass is 10.1. The lowest BCUT2D eigenvalue weighted by Gasteiger charge is -2.30. The quantitative estimate of drug-likeness (QED) is 0.791. The Hall–Kier alpha value is -2.34. The van der Waals surface area contributed by atoms with E-state index in [9.17, 15) is 14.0 Å². The summed E-state index contributed by atoms with van der Waals surface area (Å²) in [4.78, 5) is 27.9. The van der Waals surface area contributed by atoms with Crippen LogP contribution in [0, 0.1) is 18.7 Å². The number of hydrogen-bond donors (Lipinski definition) is 1. The fourth-order valence-electron chi connectivity index (χ4n) is 3.23. The predicted octanol–water partition coefficient (Wildman–Crippen LogP) is 4.70. The molecule has 0 aromatic heterocycles. The van der Waals surface area contributed by atoms with Crippen molar-refractivity contribution in [3.05, 3.63) is 65.5 Å². The normalized spacial score (nSPS) is 19.1. The summed E-state index contributed by atoms with van der Waals surface area (Å²) in [5.74, 6) is 0.218. The average molecular weight is 401 g/mol. The van der Waals surface area contributed by atoms with Crippen molar-refractivity contribution in [1.29, 1.82) is 0 Å². The first-order valence-corrected chi connectivity index (χ1v) is 10.5. The van der Waals surface area contributed by atoms with Gasteiger partial charge in [-0.25, -0.2) is 4.39 Å². The van der Waals surface area contributed by atoms with E-state index in [2.05, 4.69) is 19.2 Å². The molecule has 0 aliphatic carbocycles. The highest BCUT2D eigenvalue weighted by Crippen LogP contribution is 2.35. The van der Waals surface area contributed by atoms with Crippen molar-refractivity contribution < 1.29 is 14.0 Å². The maximum atomic E-state index is 13.2. The molecule has 2 unspecified atom stereocenters. The zero-order valence-corrected chi connectivity index (χ0v) is 17.1. The van der Waals surface area contributed by atoms with Crippen LogP contribution in [-0.2, 0) is 4.79 Å². The van der Waals surface area contributed by atoms with Crippen LogP contribution in [0.15, 0.2) is 48.5 Å². The fourth-order valence-corrected chi connectivity index (χ4v) is 4.87. The van der Waals surface area contributed by atoms with Crippen LogP contribution in [0.3, 0.4) is 0 Å². The zero-order valence-electron chi connectivity index (χ0n) is 16.3. The number of benzene rings is 2. The number of anilines is 1. The van der Waals surface area contributed by atoms with Gasteiger partial charge in [0, 0.05) is 17.0 Å². The second-order valence-corrected chi connectivity index (χ2v) is 8.72. The average Bonchev–Trinajstić information content (AvgIpc) is 3.06. The Morgan fingerprint density at radius 1 is 1.14 bits per heavy atom. The molecule has 1 aliphatic rings. The topological polar surface area (TPSA) is 49.4 Å². The molecule has 0 bridgehead atoms. The van der Waals surface area contributed by atoms with Gasteiger partial charge in [-0.15, -0.1) is 11.8 Å². The minimum Gasteiger partial charge on any atom is -0.324 e. The molecule has 1 fully saturated rings. The fraction of sp³-hybridized carbons (Fsp3) is 0.364. The lowest BCUT2D eigenvalue weighted by Crippen LogP contribution is -2.48. The summed E-state index contributed by atoms with van der Waals surface area (Å²) in [6, 6.07) is 12.5. The van der Waals surface area contributed by atoms with Gasteiger partial charge < -0.3 is 10.2 Å². The highest BCUT2D eigenvalue weighted by molar-refractivity contribution is 8.00. The number of nitrogens with zero attached hydrogens (tertiary/aromatic N) is 1. The first-order valence-electron chi connectivity index (χ1n) is 9.42. The van der Waals surface area contributed by atoms with Gasteiger partial charge in [0.2, 0.25) is 5.91 Å². The predicted molar refractivity (Wildman–Crippen MR) is 112 cm³/mol. The van der Waals surface area contributed by atoms with Crippen LogP contribution in [0.25, 0.3) is 0 Å². The summed E-state index contributed by atoms with van der Waals surface area (Å²) >= 11 is 1.64. The maximum absolute atomic E-state index is 13.2. The maximum Gasteiger partial charge on any atom is 0.255 e. The minimum atomic E-state index is -0.562. The standard InChI is InChI=1S/C22H25FN2O2S/c1-14(2)12-20-25(22(27)16-6-4-15(3)5-7-16)19(13-28-20)21(26)24-18-10-8-17(23)9-11-18/h4-11,14,19-20H,12-13H2,1-3H3,(H,24,26). The van der Waals surface area contributed by atoms with E-state index in [1.165, 1.54) is 24.3 Å². The van der Waals surface area contributed by atoms with Crippen molar-refractivity contribution in [3.63, 3.8) is 0 Å². The Balaban J connectivity index is 1.83. The number of amides is 2. The number of nitrogens with one attached hydrogen (secondary N) is 1. The summed E-state index contributed by atoms with van der Waals surface area (Å²) in [5.41, 5.74) is 2.18. The van der Waals surface area contributed by atoms with Gasteiger partial charge in [0.15, 0.2) is 0 Å². The molecule has 148 valence electrons. The molecule has 1 heterocycles. The molecule has 2 amide bonds. The Morgan fingerprint density at radius 3 is 2.39 bits per heavy atom. The van der Waals surface area contributed by atoms with E-state index in [0.717, 1.165) is 12.0 Å². The molecule has 0 spiro atoms. The van der Waals surface area contributed by atoms with Gasteiger partial charge in [-0.1, -0.05) is 31.5 Å². The Labute approximate surface area is 169 Å². The molecule has 1 N–H and O–H groups in total. The van der Waals surface area contributed by atoms with E-state index in [0.29, 0.717) is 22.9 Å². The van der Waals surface area contributed by atoms with Crippen LogP contribution in [0.4, 0.5) is 10.1 Å². The van der Waals surface area contributed by atoms with Crippen molar-refractivity contribution in [3.8, 4) is 0 Å². The number of carbonyl (C=O) groups is 2. The molecule has 3 rings (SSSR count). The lowest BCUT2D eigenvalue weighted by molar-refractivity contribution is -0.119. The molecule has 1 aliphatic heterocycles. The van der Waals surface area contributed by atoms with Crippen LogP contribution in [0.2, 0.25) is 0 Å². The summed E-state index contributed by atoms with van der Waals surface area (Å²) < 4.78 is 13.1. The Bertz CT molecular complexity index is 837. The molecule has 0 radical (unpaired) electrons. The van der Waals surface area contributed by atoms with Gasteiger partial charge >= 0.3 is 0 Å². The molecule has 28 heavy (non-hydrogen) atoms. The smallest absolute Gasteiger partial charge is 0.255 e. The van der Waals surface area contributed by atoms with E-state index in [1.54, 1.807) is 16.7 Å². The number of aryl methyl sites for hydroxylation is 1. The molecule has 6 heteroatoms. The van der Waals surface area contributed by atoms with E-state index in [4.69, 9.17) is 0 Å². The van der Waals surface area contributed by atoms with E-state index in [1.807, 2.05) is 31.2 Å². The second kappa shape index (κ2) is 8.78. The molecule has 1 saturated heterocycles. The number of halogens is 1. The highest BCUT2D eigenvalue weighted by atomic mass is 32.2. The van der Waals surface area contributed by atoms with Gasteiger partial charge in [-0.05, 0) is 55.7 Å². The van der Waals surface area contributed by atoms with E-state index in [-0.39, 0.29) is 23.0 Å². The highest BCUT2D eigenvalue weighted by Gasteiger charge is 2.41. The van der Waals surface area contributed by atoms with Crippen LogP contribution < -0.4 is 5.32 Å². The molecule has 2 atom stereocenters. The third-order valence-electron chi connectivity index (χ3n) is 4.71. The van der Waals surface area contributed by atoms with E-state index >= 15 is 0 Å². The van der Waals surface area contributed by atoms with Gasteiger partial charge in [-0.3, -0.25) is 9.59 Å². The molecule has 2 aromatic carbocycles. The van der Waals surface area contributed by atoms with Crippen molar-refractivity contribution in [1.82, 2.24) is 4.90 Å². The zero-order chi connectivity index (χ0) is 20.3. The largest absolute Gasteiger partial charge is 0.324 e. The Kier molecular flexibility index (Phi) is 6.39. The minimum absolute atomic E-state index is 0.0437. The number of thioether (sulfide) groups is 1. The first-order chi connectivity index (χ1) is 13.3. The summed E-state index contributed by atoms with van der Waals surface area (Å²) in [6.07, 6.45) is 0.822. The van der Waals surface area contributed by atoms with Crippen LogP contribution in [-0.4, -0.2) is 33.9 Å². The van der Waals surface area contributed by atoms with Crippen LogP contribution in [0.1, 0.15) is 36.2 Å². The monoisotopic (exact) mass is 400 g/mol. The van der Waals surface area contributed by atoms with Gasteiger partial charge in [0.05, 0.1) is 5.37 Å². The number of carbonyl (C=O) groups excluding carboxylic acids is 2. The summed E-state index contributed by atoms with van der Waals surface area (Å²) in [7, 11) is 0. The van der Waals surface area contributed by atoms with Gasteiger partial charge in [0.1, 0.15) is 11.9 Å². The SMILES string of the molecule is Cc1ccc(C(=O)N2C(CC(C)C)SCC2C(=O)Nc2ccc(F)cc2)cc1. The molecule has 0 saturated carbocycles. The Morgan fingerprint density at radius 2 is 1.79 bits per heavy atom. The van der Waals surface area contributed by atoms with Crippen molar-refractivity contribution in [2.45, 2.75) is 38.6 Å². The van der Waals surface area contributed by atoms with Crippen molar-refractivity contribution >= 4 is 29.3 Å². The number of hydrogen-bond acceptors (Lipinski definition) is 3. The second-order valence-electron chi connectivity index (χ2n) is 7.51. The van der Waals surface area contributed by atoms with Crippen LogP contribution in [0.5, 0.6) is 0 Å². The third kappa shape index (κ3) is 4.73. The number of rotatable bonds is 5. The first kappa shape index (κ1) is 20.4. The third-order valence-corrected chi connectivity index (χ3v) is 6.03. The summed E-state index contributed by atoms with van der Waals surface area (Å²) in [6.45, 7) is 6.20. The van der Waals surface area contributed by atoms with Gasteiger partial charge in [0.25, 0.3) is 5.91 Å². The molecule has 2 aromatic rings. The summed E-state index contributed by atoms with van der Waals surface area (Å²) in [5, 5.41) is 2.77. The van der Waals surface area contributed by atoms with Gasteiger partial charge in [-0.2, -0.15) is 0 Å². The molecular formula is C22H25FN2O2S. The van der Waals surface area contributed by atoms with Crippen molar-refractivity contribution in [2.75, 3.05) is 11.1 Å². The molecule has 4 nitrogen and oxygen atoms in total. The molecular weight excluding hydrogens is 375 g/mol. The van der Waals surface area contributed by atoms with E-state index < -0.39 is 6.04 Å². The van der Waals surface area contributed by atoms with Crippen molar-refractivity contribution in [2.24, 2.45) is 5.92 Å². The van der Waals surface area contributed by atoms with Crippen LogP contribution >= 0.6 is 11.8 Å².